The number of nitrogens with one attached hydrogen (secondary N) is 2. The molecule has 0 heterocycles. The van der Waals surface area contributed by atoms with E-state index in [4.69, 9.17) is 9.47 Å². The van der Waals surface area contributed by atoms with Crippen molar-refractivity contribution in [3.8, 4) is 11.5 Å². The van der Waals surface area contributed by atoms with Crippen LogP contribution in [0, 0.1) is 0 Å². The van der Waals surface area contributed by atoms with Crippen molar-refractivity contribution in [3.05, 3.63) is 53.6 Å². The Labute approximate surface area is 188 Å². The fourth-order valence-corrected chi connectivity index (χ4v) is 2.91. The van der Waals surface area contributed by atoms with Gasteiger partial charge in [-0.25, -0.2) is 5.43 Å². The van der Waals surface area contributed by atoms with E-state index >= 15 is 0 Å². The fourth-order valence-electron chi connectivity index (χ4n) is 2.91. The first-order valence-electron chi connectivity index (χ1n) is 10.5. The normalized spacial score (nSPS) is 10.6. The van der Waals surface area contributed by atoms with E-state index in [1.165, 1.54) is 20.2 Å². The Morgan fingerprint density at radius 1 is 1.03 bits per heavy atom. The number of nitrogens with zero attached hydrogens (tertiary/aromatic N) is 1. The molecule has 0 aliphatic rings. The van der Waals surface area contributed by atoms with Gasteiger partial charge in [-0.1, -0.05) is 32.3 Å². The summed E-state index contributed by atoms with van der Waals surface area (Å²) in [6, 6.07) is 11.6. The minimum Gasteiger partial charge on any atom is -0.493 e. The molecule has 0 bridgehead atoms. The van der Waals surface area contributed by atoms with Crippen LogP contribution >= 0.6 is 0 Å². The molecule has 0 fully saturated rings. The molecule has 0 aliphatic carbocycles. The second kappa shape index (κ2) is 12.9. The largest absolute Gasteiger partial charge is 0.493 e. The lowest BCUT2D eigenvalue weighted by atomic mass is 10.1. The van der Waals surface area contributed by atoms with E-state index in [1.54, 1.807) is 42.5 Å². The van der Waals surface area contributed by atoms with E-state index in [1.807, 2.05) is 0 Å². The molecule has 2 rings (SSSR count). The number of benzene rings is 2. The number of rotatable bonds is 11. The topological polar surface area (TPSA) is 106 Å². The van der Waals surface area contributed by atoms with Crippen molar-refractivity contribution in [2.24, 2.45) is 5.10 Å². The van der Waals surface area contributed by atoms with Gasteiger partial charge in [-0.2, -0.15) is 5.10 Å². The molecule has 2 amide bonds. The zero-order valence-electron chi connectivity index (χ0n) is 18.6. The summed E-state index contributed by atoms with van der Waals surface area (Å²) in [5, 5.41) is 6.78. The number of methoxy groups -OCH3 is 1. The highest BCUT2D eigenvalue weighted by molar-refractivity contribution is 5.97. The average molecular weight is 440 g/mol. The second-order valence-electron chi connectivity index (χ2n) is 7.14. The lowest BCUT2D eigenvalue weighted by Gasteiger charge is -2.08. The first-order valence-corrected chi connectivity index (χ1v) is 10.5. The number of hydrazone groups is 1. The van der Waals surface area contributed by atoms with Gasteiger partial charge in [0.15, 0.2) is 11.5 Å². The Hall–Kier alpha value is -3.68. The number of unbranched alkanes of at least 4 members (excludes halogenated alkanes) is 3. The number of carbonyl (C=O) groups excluding carboxylic acids is 3. The van der Waals surface area contributed by atoms with Gasteiger partial charge >= 0.3 is 5.97 Å². The third-order valence-electron chi connectivity index (χ3n) is 4.49. The summed E-state index contributed by atoms with van der Waals surface area (Å²) in [5.74, 6) is -0.266. The Balaban J connectivity index is 1.94. The predicted molar refractivity (Wildman–Crippen MR) is 123 cm³/mol. The molecule has 0 spiro atoms. The SMILES string of the molecule is CCCCCCC(=O)Nc1cccc(C(=O)N/N=C/c2ccc(OC(C)=O)c(OC)c2)c1. The maximum absolute atomic E-state index is 12.4. The fraction of sp³-hybridized carbons (Fsp3) is 0.333. The van der Waals surface area contributed by atoms with Gasteiger partial charge in [0, 0.05) is 24.6 Å². The summed E-state index contributed by atoms with van der Waals surface area (Å²) in [7, 11) is 1.46. The molecular formula is C24H29N3O5. The molecule has 2 aromatic carbocycles. The van der Waals surface area contributed by atoms with E-state index in [9.17, 15) is 14.4 Å². The van der Waals surface area contributed by atoms with Gasteiger partial charge < -0.3 is 14.8 Å². The van der Waals surface area contributed by atoms with Gasteiger partial charge in [0.05, 0.1) is 13.3 Å². The third kappa shape index (κ3) is 8.22. The molecule has 0 saturated carbocycles. The highest BCUT2D eigenvalue weighted by atomic mass is 16.6. The molecule has 0 radical (unpaired) electrons. The lowest BCUT2D eigenvalue weighted by Crippen LogP contribution is -2.18. The summed E-state index contributed by atoms with van der Waals surface area (Å²) in [4.78, 5) is 35.6. The minimum absolute atomic E-state index is 0.0668. The molecule has 0 atom stereocenters. The van der Waals surface area contributed by atoms with Crippen LogP contribution in [0.15, 0.2) is 47.6 Å². The highest BCUT2D eigenvalue weighted by Crippen LogP contribution is 2.27. The molecule has 8 nitrogen and oxygen atoms in total. The minimum atomic E-state index is -0.452. The maximum atomic E-state index is 12.4. The van der Waals surface area contributed by atoms with E-state index in [0.717, 1.165) is 25.7 Å². The zero-order valence-corrected chi connectivity index (χ0v) is 18.6. The van der Waals surface area contributed by atoms with Crippen molar-refractivity contribution >= 4 is 29.7 Å². The van der Waals surface area contributed by atoms with E-state index < -0.39 is 11.9 Å². The first kappa shape index (κ1) is 24.6. The van der Waals surface area contributed by atoms with Crippen molar-refractivity contribution in [3.63, 3.8) is 0 Å². The van der Waals surface area contributed by atoms with Crippen LogP contribution in [0.2, 0.25) is 0 Å². The molecule has 0 saturated heterocycles. The molecule has 0 unspecified atom stereocenters. The molecule has 32 heavy (non-hydrogen) atoms. The second-order valence-corrected chi connectivity index (χ2v) is 7.14. The van der Waals surface area contributed by atoms with Crippen LogP contribution in [0.3, 0.4) is 0 Å². The van der Waals surface area contributed by atoms with Crippen molar-refractivity contribution in [2.45, 2.75) is 46.0 Å². The summed E-state index contributed by atoms with van der Waals surface area (Å²) >= 11 is 0. The van der Waals surface area contributed by atoms with Crippen LogP contribution in [0.4, 0.5) is 5.69 Å². The van der Waals surface area contributed by atoms with Gasteiger partial charge in [0.2, 0.25) is 5.91 Å². The van der Waals surface area contributed by atoms with Gasteiger partial charge in [-0.15, -0.1) is 0 Å². The van der Waals surface area contributed by atoms with Crippen LogP contribution in [-0.4, -0.2) is 31.1 Å². The van der Waals surface area contributed by atoms with Gasteiger partial charge in [0.1, 0.15) is 0 Å². The Bertz CT molecular complexity index is 972. The molecule has 0 aromatic heterocycles. The Morgan fingerprint density at radius 2 is 1.84 bits per heavy atom. The van der Waals surface area contributed by atoms with Crippen LogP contribution in [0.5, 0.6) is 11.5 Å². The smallest absolute Gasteiger partial charge is 0.308 e. The monoisotopic (exact) mass is 439 g/mol. The standard InChI is InChI=1S/C24H29N3O5/c1-4-5-6-7-11-23(29)26-20-10-8-9-19(15-20)24(30)27-25-16-18-12-13-21(32-17(2)28)22(14-18)31-3/h8-10,12-16H,4-7,11H2,1-3H3,(H,26,29)(H,27,30)/b25-16+. The molecule has 8 heteroatoms. The van der Waals surface area contributed by atoms with Crippen molar-refractivity contribution in [1.29, 1.82) is 0 Å². The number of esters is 1. The number of hydrogen-bond donors (Lipinski definition) is 2. The Morgan fingerprint density at radius 3 is 2.56 bits per heavy atom. The number of anilines is 1. The van der Waals surface area contributed by atoms with Gasteiger partial charge in [0.25, 0.3) is 5.91 Å². The molecule has 170 valence electrons. The van der Waals surface area contributed by atoms with Crippen LogP contribution in [0.1, 0.15) is 61.9 Å². The van der Waals surface area contributed by atoms with Crippen molar-refractivity contribution < 1.29 is 23.9 Å². The van der Waals surface area contributed by atoms with Gasteiger partial charge in [-0.3, -0.25) is 14.4 Å². The molecule has 2 aromatic rings. The Kier molecular flexibility index (Phi) is 9.90. The van der Waals surface area contributed by atoms with Crippen LogP contribution < -0.4 is 20.2 Å². The van der Waals surface area contributed by atoms with E-state index in [2.05, 4.69) is 22.8 Å². The number of ether oxygens (including phenoxy) is 2. The number of amides is 2. The van der Waals surface area contributed by atoms with E-state index in [0.29, 0.717) is 34.7 Å². The van der Waals surface area contributed by atoms with Gasteiger partial charge in [-0.05, 0) is 48.4 Å². The number of carbonyl (C=O) groups is 3. The summed E-state index contributed by atoms with van der Waals surface area (Å²) in [6.07, 6.45) is 6.02. The zero-order chi connectivity index (χ0) is 23.3. The van der Waals surface area contributed by atoms with Crippen molar-refractivity contribution in [2.75, 3.05) is 12.4 Å². The van der Waals surface area contributed by atoms with Crippen LogP contribution in [-0.2, 0) is 9.59 Å². The lowest BCUT2D eigenvalue weighted by molar-refractivity contribution is -0.132. The summed E-state index contributed by atoms with van der Waals surface area (Å²) in [5.41, 5.74) is 4.03. The third-order valence-corrected chi connectivity index (χ3v) is 4.49. The quantitative estimate of drug-likeness (QED) is 0.179. The summed E-state index contributed by atoms with van der Waals surface area (Å²) in [6.45, 7) is 3.43. The average Bonchev–Trinajstić information content (AvgIpc) is 2.77. The van der Waals surface area contributed by atoms with Crippen LogP contribution in [0.25, 0.3) is 0 Å². The maximum Gasteiger partial charge on any atom is 0.308 e. The van der Waals surface area contributed by atoms with E-state index in [-0.39, 0.29) is 5.91 Å². The van der Waals surface area contributed by atoms with Crippen molar-refractivity contribution in [1.82, 2.24) is 5.43 Å². The molecule has 0 aliphatic heterocycles. The molecular weight excluding hydrogens is 410 g/mol. The molecule has 2 N–H and O–H groups in total. The highest BCUT2D eigenvalue weighted by Gasteiger charge is 2.09. The predicted octanol–water partition coefficient (Wildman–Crippen LogP) is 4.29. The first-order chi connectivity index (χ1) is 15.4. The number of hydrogen-bond acceptors (Lipinski definition) is 6. The summed E-state index contributed by atoms with van der Waals surface area (Å²) < 4.78 is 10.3.